The van der Waals surface area contributed by atoms with Crippen molar-refractivity contribution >= 4 is 44.3 Å². The predicted octanol–water partition coefficient (Wildman–Crippen LogP) is 4.72. The molecular formula is C15H13BrClN3. The van der Waals surface area contributed by atoms with Gasteiger partial charge in [-0.3, -0.25) is 0 Å². The standard InChI is InChI=1S/C15H13BrClN3/c1-2-20-14-6-3-9(16)7-13(14)19-15(20)11-5-4-10(17)8-12(11)18/h3-8H,2,18H2,1H3. The van der Waals surface area contributed by atoms with E-state index >= 15 is 0 Å². The van der Waals surface area contributed by atoms with Gasteiger partial charge in [0, 0.05) is 27.3 Å². The van der Waals surface area contributed by atoms with Crippen molar-refractivity contribution in [2.75, 3.05) is 5.73 Å². The van der Waals surface area contributed by atoms with E-state index in [4.69, 9.17) is 22.3 Å². The zero-order valence-corrected chi connectivity index (χ0v) is 13.2. The number of fused-ring (bicyclic) bond motifs is 1. The number of hydrogen-bond acceptors (Lipinski definition) is 2. The Labute approximate surface area is 130 Å². The maximum atomic E-state index is 6.08. The molecule has 0 radical (unpaired) electrons. The van der Waals surface area contributed by atoms with Crippen LogP contribution < -0.4 is 5.73 Å². The van der Waals surface area contributed by atoms with Crippen LogP contribution >= 0.6 is 27.5 Å². The van der Waals surface area contributed by atoms with Gasteiger partial charge in [-0.15, -0.1) is 0 Å². The molecule has 0 bridgehead atoms. The number of nitrogen functional groups attached to an aromatic ring is 1. The Morgan fingerprint density at radius 2 is 2.05 bits per heavy atom. The van der Waals surface area contributed by atoms with Crippen molar-refractivity contribution in [2.24, 2.45) is 0 Å². The lowest BCUT2D eigenvalue weighted by Crippen LogP contribution is -2.00. The second-order valence-corrected chi connectivity index (χ2v) is 5.90. The largest absolute Gasteiger partial charge is 0.398 e. The fourth-order valence-electron chi connectivity index (χ4n) is 2.37. The highest BCUT2D eigenvalue weighted by Gasteiger charge is 2.14. The summed E-state index contributed by atoms with van der Waals surface area (Å²) in [4.78, 5) is 4.71. The van der Waals surface area contributed by atoms with Crippen LogP contribution in [-0.2, 0) is 6.54 Å². The maximum absolute atomic E-state index is 6.08. The fraction of sp³-hybridized carbons (Fsp3) is 0.133. The minimum absolute atomic E-state index is 0.633. The first-order chi connectivity index (χ1) is 9.60. The Morgan fingerprint density at radius 3 is 2.75 bits per heavy atom. The highest BCUT2D eigenvalue weighted by molar-refractivity contribution is 9.10. The van der Waals surface area contributed by atoms with Gasteiger partial charge >= 0.3 is 0 Å². The Hall–Kier alpha value is -1.52. The third-order valence-corrected chi connectivity index (χ3v) is 4.01. The molecule has 102 valence electrons. The van der Waals surface area contributed by atoms with Gasteiger partial charge in [0.2, 0.25) is 0 Å². The third kappa shape index (κ3) is 2.19. The Balaban J connectivity index is 2.30. The molecule has 20 heavy (non-hydrogen) atoms. The summed E-state index contributed by atoms with van der Waals surface area (Å²) < 4.78 is 3.17. The van der Waals surface area contributed by atoms with Gasteiger partial charge in [0.25, 0.3) is 0 Å². The van der Waals surface area contributed by atoms with E-state index in [9.17, 15) is 0 Å². The van der Waals surface area contributed by atoms with E-state index in [-0.39, 0.29) is 0 Å². The molecule has 2 aromatic carbocycles. The number of nitrogens with two attached hydrogens (primary N) is 1. The highest BCUT2D eigenvalue weighted by Crippen LogP contribution is 2.31. The van der Waals surface area contributed by atoms with Gasteiger partial charge in [-0.05, 0) is 43.3 Å². The van der Waals surface area contributed by atoms with Gasteiger partial charge in [0.15, 0.2) is 0 Å². The molecule has 0 fully saturated rings. The van der Waals surface area contributed by atoms with Crippen LogP contribution in [0.15, 0.2) is 40.9 Å². The van der Waals surface area contributed by atoms with Crippen molar-refractivity contribution in [3.8, 4) is 11.4 Å². The molecule has 0 atom stereocenters. The van der Waals surface area contributed by atoms with Crippen molar-refractivity contribution in [1.29, 1.82) is 0 Å². The first-order valence-electron chi connectivity index (χ1n) is 6.31. The summed E-state index contributed by atoms with van der Waals surface area (Å²) in [6.07, 6.45) is 0. The van der Waals surface area contributed by atoms with E-state index < -0.39 is 0 Å². The molecule has 3 rings (SSSR count). The molecule has 2 N–H and O–H groups in total. The summed E-state index contributed by atoms with van der Waals surface area (Å²) >= 11 is 9.44. The smallest absolute Gasteiger partial charge is 0.143 e. The minimum Gasteiger partial charge on any atom is -0.398 e. The molecule has 0 unspecified atom stereocenters. The minimum atomic E-state index is 0.633. The first kappa shape index (κ1) is 13.5. The number of benzene rings is 2. The van der Waals surface area contributed by atoms with Gasteiger partial charge in [-0.25, -0.2) is 4.98 Å². The predicted molar refractivity (Wildman–Crippen MR) is 88.0 cm³/mol. The number of rotatable bonds is 2. The summed E-state index contributed by atoms with van der Waals surface area (Å²) in [6, 6.07) is 11.6. The molecule has 0 spiro atoms. The number of anilines is 1. The Morgan fingerprint density at radius 1 is 1.25 bits per heavy atom. The summed E-state index contributed by atoms with van der Waals surface area (Å²) in [5, 5.41) is 0.633. The Bertz CT molecular complexity index is 795. The van der Waals surface area contributed by atoms with Crippen LogP contribution in [-0.4, -0.2) is 9.55 Å². The second kappa shape index (κ2) is 5.11. The van der Waals surface area contributed by atoms with Crippen molar-refractivity contribution in [2.45, 2.75) is 13.5 Å². The second-order valence-electron chi connectivity index (χ2n) is 4.54. The lowest BCUT2D eigenvalue weighted by molar-refractivity contribution is 0.796. The summed E-state index contributed by atoms with van der Waals surface area (Å²) in [5.74, 6) is 0.870. The zero-order chi connectivity index (χ0) is 14.3. The molecule has 0 aliphatic heterocycles. The van der Waals surface area contributed by atoms with Crippen molar-refractivity contribution in [3.05, 3.63) is 45.9 Å². The van der Waals surface area contributed by atoms with Crippen LogP contribution in [0.4, 0.5) is 5.69 Å². The summed E-state index contributed by atoms with van der Waals surface area (Å²) in [6.45, 7) is 2.92. The normalized spacial score (nSPS) is 11.2. The molecule has 5 heteroatoms. The lowest BCUT2D eigenvalue weighted by Gasteiger charge is -2.08. The van der Waals surface area contributed by atoms with E-state index in [1.807, 2.05) is 24.3 Å². The molecule has 0 aliphatic carbocycles. The molecular weight excluding hydrogens is 338 g/mol. The van der Waals surface area contributed by atoms with Crippen LogP contribution in [0.1, 0.15) is 6.92 Å². The molecule has 0 saturated heterocycles. The number of aryl methyl sites for hydroxylation is 1. The van der Waals surface area contributed by atoms with Crippen molar-refractivity contribution in [1.82, 2.24) is 9.55 Å². The SMILES string of the molecule is CCn1c(-c2ccc(Cl)cc2N)nc2cc(Br)ccc21. The van der Waals surface area contributed by atoms with E-state index in [0.29, 0.717) is 10.7 Å². The highest BCUT2D eigenvalue weighted by atomic mass is 79.9. The number of aromatic nitrogens is 2. The van der Waals surface area contributed by atoms with E-state index in [0.717, 1.165) is 33.4 Å². The molecule has 3 nitrogen and oxygen atoms in total. The quantitative estimate of drug-likeness (QED) is 0.680. The molecule has 1 heterocycles. The van der Waals surface area contributed by atoms with E-state index in [1.54, 1.807) is 6.07 Å². The Kier molecular flexibility index (Phi) is 3.44. The van der Waals surface area contributed by atoms with Gasteiger partial charge in [0.05, 0.1) is 11.0 Å². The number of nitrogens with zero attached hydrogens (tertiary/aromatic N) is 2. The van der Waals surface area contributed by atoms with Gasteiger partial charge in [-0.1, -0.05) is 27.5 Å². The molecule has 1 aromatic heterocycles. The molecule has 0 aliphatic rings. The number of halogens is 2. The average molecular weight is 351 g/mol. The van der Waals surface area contributed by atoms with Crippen molar-refractivity contribution in [3.63, 3.8) is 0 Å². The topological polar surface area (TPSA) is 43.8 Å². The summed E-state index contributed by atoms with van der Waals surface area (Å²) in [7, 11) is 0. The number of imidazole rings is 1. The maximum Gasteiger partial charge on any atom is 0.143 e. The third-order valence-electron chi connectivity index (χ3n) is 3.28. The van der Waals surface area contributed by atoms with Crippen LogP contribution in [0.2, 0.25) is 5.02 Å². The molecule has 3 aromatic rings. The molecule has 0 amide bonds. The van der Waals surface area contributed by atoms with Gasteiger partial charge < -0.3 is 10.3 Å². The van der Waals surface area contributed by atoms with Crippen LogP contribution in [0.3, 0.4) is 0 Å². The van der Waals surface area contributed by atoms with Crippen LogP contribution in [0.5, 0.6) is 0 Å². The van der Waals surface area contributed by atoms with Gasteiger partial charge in [-0.2, -0.15) is 0 Å². The first-order valence-corrected chi connectivity index (χ1v) is 7.48. The van der Waals surface area contributed by atoms with E-state index in [1.165, 1.54) is 0 Å². The fourth-order valence-corrected chi connectivity index (χ4v) is 2.90. The number of hydrogen-bond donors (Lipinski definition) is 1. The molecule has 0 saturated carbocycles. The summed E-state index contributed by atoms with van der Waals surface area (Å²) in [5.41, 5.74) is 9.68. The lowest BCUT2D eigenvalue weighted by atomic mass is 10.1. The monoisotopic (exact) mass is 349 g/mol. The zero-order valence-electron chi connectivity index (χ0n) is 10.9. The van der Waals surface area contributed by atoms with Gasteiger partial charge in [0.1, 0.15) is 5.82 Å². The average Bonchev–Trinajstić information content (AvgIpc) is 2.75. The van der Waals surface area contributed by atoms with Crippen LogP contribution in [0, 0.1) is 0 Å². The van der Waals surface area contributed by atoms with Crippen LogP contribution in [0.25, 0.3) is 22.4 Å². The van der Waals surface area contributed by atoms with E-state index in [2.05, 4.69) is 33.5 Å². The van der Waals surface area contributed by atoms with Crippen molar-refractivity contribution < 1.29 is 0 Å².